The number of aliphatic hydroxyl groups is 4. The number of ether oxygens (including phenoxy) is 2. The molecule has 0 spiro atoms. The molecule has 4 N–H and O–H groups in total. The predicted molar refractivity (Wildman–Crippen MR) is 105 cm³/mol. The fourth-order valence-electron chi connectivity index (χ4n) is 3.37. The van der Waals surface area contributed by atoms with Gasteiger partial charge in [0.2, 0.25) is 0 Å². The Bertz CT molecular complexity index is 779. The molecule has 6 nitrogen and oxygen atoms in total. The Hall–Kier alpha value is -1.67. The van der Waals surface area contributed by atoms with Gasteiger partial charge in [-0.25, -0.2) is 0 Å². The fourth-order valence-corrected chi connectivity index (χ4v) is 3.56. The van der Waals surface area contributed by atoms with Gasteiger partial charge in [0.15, 0.2) is 0 Å². The lowest BCUT2D eigenvalue weighted by Gasteiger charge is -2.40. The highest BCUT2D eigenvalue weighted by Crippen LogP contribution is 2.34. The monoisotopic (exact) mass is 408 g/mol. The molecule has 2 aromatic carbocycles. The Labute approximate surface area is 168 Å². The first-order valence-electron chi connectivity index (χ1n) is 9.25. The molecule has 0 saturated carbocycles. The number of hydrogen-bond donors (Lipinski definition) is 4. The van der Waals surface area contributed by atoms with Crippen LogP contribution in [0.25, 0.3) is 0 Å². The van der Waals surface area contributed by atoms with Gasteiger partial charge in [0.25, 0.3) is 0 Å². The summed E-state index contributed by atoms with van der Waals surface area (Å²) in [4.78, 5) is 0. The topological polar surface area (TPSA) is 99.4 Å². The minimum atomic E-state index is -1.42. The van der Waals surface area contributed by atoms with Gasteiger partial charge in [0.05, 0.1) is 13.2 Å². The van der Waals surface area contributed by atoms with E-state index in [1.165, 1.54) is 0 Å². The van der Waals surface area contributed by atoms with E-state index in [1.807, 2.05) is 37.3 Å². The van der Waals surface area contributed by atoms with Crippen LogP contribution >= 0.6 is 11.6 Å². The number of benzene rings is 2. The number of halogens is 1. The summed E-state index contributed by atoms with van der Waals surface area (Å²) < 4.78 is 11.1. The molecule has 2 aromatic rings. The van der Waals surface area contributed by atoms with Crippen molar-refractivity contribution in [3.05, 3.63) is 64.2 Å². The van der Waals surface area contributed by atoms with Crippen molar-refractivity contribution in [2.75, 3.05) is 13.2 Å². The lowest BCUT2D eigenvalue weighted by atomic mass is 9.90. The van der Waals surface area contributed by atoms with Crippen molar-refractivity contribution in [2.24, 2.45) is 0 Å². The van der Waals surface area contributed by atoms with Crippen molar-refractivity contribution in [3.8, 4) is 5.75 Å². The molecular formula is C21H25ClO6. The zero-order valence-corrected chi connectivity index (χ0v) is 16.3. The molecule has 3 rings (SSSR count). The summed E-state index contributed by atoms with van der Waals surface area (Å²) in [5, 5.41) is 40.3. The third kappa shape index (κ3) is 4.49. The highest BCUT2D eigenvalue weighted by molar-refractivity contribution is 6.31. The van der Waals surface area contributed by atoms with Gasteiger partial charge < -0.3 is 29.9 Å². The number of hydrogen-bond acceptors (Lipinski definition) is 6. The van der Waals surface area contributed by atoms with Crippen molar-refractivity contribution >= 4 is 11.6 Å². The van der Waals surface area contributed by atoms with Gasteiger partial charge in [-0.15, -0.1) is 0 Å². The molecule has 0 bridgehead atoms. The minimum Gasteiger partial charge on any atom is -0.494 e. The third-order valence-corrected chi connectivity index (χ3v) is 5.29. The molecule has 0 amide bonds. The van der Waals surface area contributed by atoms with Crippen LogP contribution in [0.2, 0.25) is 5.02 Å². The highest BCUT2D eigenvalue weighted by Gasteiger charge is 2.43. The molecule has 1 fully saturated rings. The Balaban J connectivity index is 1.82. The van der Waals surface area contributed by atoms with Crippen LogP contribution in [0.4, 0.5) is 0 Å². The average Bonchev–Trinajstić information content (AvgIpc) is 2.70. The predicted octanol–water partition coefficient (Wildman–Crippen LogP) is 1.84. The van der Waals surface area contributed by atoms with Gasteiger partial charge in [-0.3, -0.25) is 0 Å². The van der Waals surface area contributed by atoms with E-state index in [1.54, 1.807) is 12.1 Å². The van der Waals surface area contributed by atoms with Crippen LogP contribution in [0.5, 0.6) is 5.75 Å². The first-order valence-corrected chi connectivity index (χ1v) is 9.63. The lowest BCUT2D eigenvalue weighted by Crippen LogP contribution is -2.55. The van der Waals surface area contributed by atoms with Crippen LogP contribution < -0.4 is 4.74 Å². The molecule has 0 aliphatic carbocycles. The SMILES string of the molecule is CCOc1ccc(Cc2cc([C@@H]3O[C@H](CO)[C@H](O)[C@H](O)[C@@H]3O)ccc2Cl)cc1. The van der Waals surface area contributed by atoms with Crippen LogP contribution in [0.15, 0.2) is 42.5 Å². The third-order valence-electron chi connectivity index (χ3n) is 4.92. The largest absolute Gasteiger partial charge is 0.494 e. The molecular weight excluding hydrogens is 384 g/mol. The van der Waals surface area contributed by atoms with E-state index in [-0.39, 0.29) is 0 Å². The molecule has 0 radical (unpaired) electrons. The summed E-state index contributed by atoms with van der Waals surface area (Å²) in [5.41, 5.74) is 2.49. The van der Waals surface area contributed by atoms with Gasteiger partial charge in [0.1, 0.15) is 36.3 Å². The fraction of sp³-hybridized carbons (Fsp3) is 0.429. The molecule has 7 heteroatoms. The van der Waals surface area contributed by atoms with Gasteiger partial charge in [0, 0.05) is 5.02 Å². The number of aliphatic hydroxyl groups excluding tert-OH is 4. The first kappa shape index (κ1) is 21.0. The molecule has 152 valence electrons. The van der Waals surface area contributed by atoms with Crippen LogP contribution in [-0.2, 0) is 11.2 Å². The van der Waals surface area contributed by atoms with E-state index in [0.29, 0.717) is 23.6 Å². The van der Waals surface area contributed by atoms with E-state index < -0.39 is 37.1 Å². The van der Waals surface area contributed by atoms with E-state index >= 15 is 0 Å². The highest BCUT2D eigenvalue weighted by atomic mass is 35.5. The van der Waals surface area contributed by atoms with Crippen LogP contribution in [0.3, 0.4) is 0 Å². The van der Waals surface area contributed by atoms with E-state index in [4.69, 9.17) is 21.1 Å². The maximum Gasteiger partial charge on any atom is 0.119 e. The zero-order valence-electron chi connectivity index (χ0n) is 15.5. The second kappa shape index (κ2) is 9.22. The van der Waals surface area contributed by atoms with Gasteiger partial charge in [-0.1, -0.05) is 35.9 Å². The quantitative estimate of drug-likeness (QED) is 0.582. The van der Waals surface area contributed by atoms with E-state index in [0.717, 1.165) is 16.9 Å². The van der Waals surface area contributed by atoms with E-state index in [9.17, 15) is 20.4 Å². The van der Waals surface area contributed by atoms with Crippen LogP contribution in [-0.4, -0.2) is 58.1 Å². The van der Waals surface area contributed by atoms with Gasteiger partial charge >= 0.3 is 0 Å². The second-order valence-electron chi connectivity index (χ2n) is 6.85. The molecule has 5 atom stereocenters. The zero-order chi connectivity index (χ0) is 20.3. The van der Waals surface area contributed by atoms with Crippen LogP contribution in [0.1, 0.15) is 29.7 Å². The van der Waals surface area contributed by atoms with Crippen LogP contribution in [0, 0.1) is 0 Å². The number of rotatable bonds is 6. The Kier molecular flexibility index (Phi) is 6.93. The summed E-state index contributed by atoms with van der Waals surface area (Å²) in [6.07, 6.45) is -5.39. The summed E-state index contributed by atoms with van der Waals surface area (Å²) in [6.45, 7) is 2.07. The molecule has 1 aliphatic heterocycles. The molecule has 1 aliphatic rings. The van der Waals surface area contributed by atoms with Crippen molar-refractivity contribution in [1.29, 1.82) is 0 Å². The molecule has 0 aromatic heterocycles. The molecule has 1 saturated heterocycles. The Morgan fingerprint density at radius 2 is 1.71 bits per heavy atom. The summed E-state index contributed by atoms with van der Waals surface area (Å²) >= 11 is 6.35. The smallest absolute Gasteiger partial charge is 0.119 e. The summed E-state index contributed by atoms with van der Waals surface area (Å²) in [6, 6.07) is 12.9. The standard InChI is InChI=1S/C21H25ClO6/c1-2-27-15-6-3-12(4-7-15)9-14-10-13(5-8-16(14)22)21-20(26)19(25)18(24)17(11-23)28-21/h3-8,10,17-21,23-26H,2,9,11H2,1H3/t17-,18+,19+,20+,21+/m1/s1. The van der Waals surface area contributed by atoms with Gasteiger partial charge in [-0.05, 0) is 48.2 Å². The van der Waals surface area contributed by atoms with Crippen molar-refractivity contribution in [2.45, 2.75) is 43.9 Å². The maximum atomic E-state index is 10.3. The van der Waals surface area contributed by atoms with E-state index in [2.05, 4.69) is 0 Å². The summed E-state index contributed by atoms with van der Waals surface area (Å²) in [5.74, 6) is 0.799. The average molecular weight is 409 g/mol. The Morgan fingerprint density at radius 3 is 2.36 bits per heavy atom. The van der Waals surface area contributed by atoms with Gasteiger partial charge in [-0.2, -0.15) is 0 Å². The normalized spacial score (nSPS) is 27.6. The van der Waals surface area contributed by atoms with Crippen molar-refractivity contribution < 1.29 is 29.9 Å². The minimum absolute atomic E-state index is 0.464. The summed E-state index contributed by atoms with van der Waals surface area (Å²) in [7, 11) is 0. The molecule has 28 heavy (non-hydrogen) atoms. The molecule has 1 heterocycles. The van der Waals surface area contributed by atoms with Crippen molar-refractivity contribution in [3.63, 3.8) is 0 Å². The second-order valence-corrected chi connectivity index (χ2v) is 7.26. The lowest BCUT2D eigenvalue weighted by molar-refractivity contribution is -0.231. The first-order chi connectivity index (χ1) is 13.4. The molecule has 0 unspecified atom stereocenters. The van der Waals surface area contributed by atoms with Crippen molar-refractivity contribution in [1.82, 2.24) is 0 Å². The Morgan fingerprint density at radius 1 is 1.00 bits per heavy atom. The maximum absolute atomic E-state index is 10.3.